The fraction of sp³-hybridized carbons (Fsp3) is 0.412. The molecule has 6 nitrogen and oxygen atoms in total. The normalized spacial score (nSPS) is 16.7. The van der Waals surface area contributed by atoms with Crippen LogP contribution in [0.15, 0.2) is 95.6 Å². The second-order valence-corrected chi connectivity index (χ2v) is 22.8. The third-order valence-corrected chi connectivity index (χ3v) is 15.1. The number of nitrogens with zero attached hydrogens (tertiary/aromatic N) is 1. The molecule has 8 heteroatoms. The fourth-order valence-corrected chi connectivity index (χ4v) is 12.2. The van der Waals surface area contributed by atoms with Crippen LogP contribution in [0.25, 0.3) is 43.9 Å². The van der Waals surface area contributed by atoms with E-state index in [4.69, 9.17) is 21.5 Å². The van der Waals surface area contributed by atoms with Crippen LogP contribution in [0, 0.1) is 20.8 Å². The van der Waals surface area contributed by atoms with Crippen LogP contribution in [0.5, 0.6) is 5.75 Å². The van der Waals surface area contributed by atoms with Gasteiger partial charge in [-0.1, -0.05) is 117 Å². The molecule has 310 valence electrons. The van der Waals surface area contributed by atoms with Crippen molar-refractivity contribution in [2.75, 3.05) is 18.8 Å². The highest BCUT2D eigenvalue weighted by atomic mass is 31.1. The van der Waals surface area contributed by atoms with Gasteiger partial charge in [-0.05, 0) is 101 Å². The number of benzene rings is 5. The zero-order chi connectivity index (χ0) is 42.3. The molecule has 1 aliphatic carbocycles. The third kappa shape index (κ3) is 7.67. The molecule has 0 amide bonds. The van der Waals surface area contributed by atoms with Gasteiger partial charge < -0.3 is 21.5 Å². The summed E-state index contributed by atoms with van der Waals surface area (Å²) in [7, 11) is 0.951. The lowest BCUT2D eigenvalue weighted by Gasteiger charge is -2.24. The van der Waals surface area contributed by atoms with Crippen molar-refractivity contribution in [3.05, 3.63) is 123 Å². The van der Waals surface area contributed by atoms with Gasteiger partial charge in [-0.25, -0.2) is 0 Å². The van der Waals surface area contributed by atoms with Gasteiger partial charge in [0.15, 0.2) is 0 Å². The first-order valence-electron chi connectivity index (χ1n) is 21.0. The van der Waals surface area contributed by atoms with Crippen LogP contribution in [-0.4, -0.2) is 14.2 Å². The first kappa shape index (κ1) is 41.4. The molecule has 0 radical (unpaired) electrons. The molecule has 1 aliphatic rings. The summed E-state index contributed by atoms with van der Waals surface area (Å²) in [5.41, 5.74) is 12.8. The number of ether oxygens (including phenoxy) is 1. The summed E-state index contributed by atoms with van der Waals surface area (Å²) in [5, 5.41) is 4.30. The van der Waals surface area contributed by atoms with Gasteiger partial charge in [0.2, 0.25) is 8.01 Å². The molecular formula is C51H61NO5P2. The monoisotopic (exact) mass is 829 g/mol. The second-order valence-electron chi connectivity index (χ2n) is 19.9. The van der Waals surface area contributed by atoms with Crippen molar-refractivity contribution < 1.29 is 21.5 Å². The van der Waals surface area contributed by atoms with E-state index in [1.54, 1.807) is 7.11 Å². The van der Waals surface area contributed by atoms with Crippen molar-refractivity contribution in [2.24, 2.45) is 0 Å². The Kier molecular flexibility index (Phi) is 10.5. The number of fused-ring (bicyclic) bond motifs is 7. The quantitative estimate of drug-likeness (QED) is 0.172. The van der Waals surface area contributed by atoms with Gasteiger partial charge in [-0.2, -0.15) is 4.67 Å². The molecule has 0 saturated carbocycles. The van der Waals surface area contributed by atoms with E-state index in [0.717, 1.165) is 67.8 Å². The first-order valence-corrected chi connectivity index (χ1v) is 23.5. The predicted octanol–water partition coefficient (Wildman–Crippen LogP) is 16.2. The Morgan fingerprint density at radius 3 is 1.86 bits per heavy atom. The van der Waals surface area contributed by atoms with E-state index in [9.17, 15) is 0 Å². The second kappa shape index (κ2) is 15.0. The molecule has 0 saturated heterocycles. The Bertz CT molecular complexity index is 2850. The molecule has 0 N–H and O–H groups in total. The number of hydrogen-bond donors (Lipinski definition) is 0. The van der Waals surface area contributed by atoms with Crippen molar-refractivity contribution in [2.45, 2.75) is 124 Å². The number of aryl methyl sites for hydroxylation is 3. The lowest BCUT2D eigenvalue weighted by Crippen LogP contribution is -2.19. The van der Waals surface area contributed by atoms with E-state index >= 15 is 0 Å². The van der Waals surface area contributed by atoms with Crippen molar-refractivity contribution in [3.8, 4) is 5.75 Å². The average molecular weight is 830 g/mol. The Morgan fingerprint density at radius 2 is 1.22 bits per heavy atom. The summed E-state index contributed by atoms with van der Waals surface area (Å²) in [6.07, 6.45) is 1.64. The van der Waals surface area contributed by atoms with Gasteiger partial charge in [0.1, 0.15) is 28.1 Å². The lowest BCUT2D eigenvalue weighted by atomic mass is 9.83. The molecule has 2 aromatic heterocycles. The summed E-state index contributed by atoms with van der Waals surface area (Å²) in [6, 6.07) is 28.8. The summed E-state index contributed by atoms with van der Waals surface area (Å²) < 4.78 is 37.1. The Labute approximate surface area is 352 Å². The SMILES string of the molecule is COc1cc(C(C)(C)C)c2op(N(C)[C@H]3C[C@H](Cp4oc5cc(C)cc(C)c5c5cccc(C(C)(C)C)c5o4)c4ccccc43)oc3c(C(C)(C)C)cc(C)cc3c2c1. The molecule has 4 atom stereocenters. The highest BCUT2D eigenvalue weighted by Crippen LogP contribution is 2.54. The van der Waals surface area contributed by atoms with Gasteiger partial charge in [0.25, 0.3) is 0 Å². The maximum Gasteiger partial charge on any atom is 0.310 e. The fourth-order valence-electron chi connectivity index (χ4n) is 9.11. The molecule has 2 heterocycles. The maximum absolute atomic E-state index is 7.31. The number of hydrogen-bond acceptors (Lipinski definition) is 6. The highest BCUT2D eigenvalue weighted by molar-refractivity contribution is 7.39. The zero-order valence-electron chi connectivity index (χ0n) is 37.5. The van der Waals surface area contributed by atoms with Crippen LogP contribution in [0.1, 0.15) is 125 Å². The highest BCUT2D eigenvalue weighted by Gasteiger charge is 2.37. The van der Waals surface area contributed by atoms with Gasteiger partial charge in [0.05, 0.1) is 13.3 Å². The standard InChI is InChI=1S/C51H61NO5P2/c1-30-22-32(3)45-37-20-17-21-40(49(4,5)6)46(37)55-58(54-44(45)25-30)29-33-26-43(36-19-16-15-18-35(33)36)52(13)59-56-47-38(23-31(2)24-41(47)50(7,8)9)39-27-34(53-14)28-42(48(39)57-59)51(10,11)12/h15-25,27-28,33,43H,26,29H2,1-14H3/t33-,43+,58?,59?/m1/s1. The number of rotatable bonds is 5. The van der Waals surface area contributed by atoms with E-state index in [1.807, 2.05) is 0 Å². The van der Waals surface area contributed by atoms with E-state index < -0.39 is 16.2 Å². The van der Waals surface area contributed by atoms with E-state index in [1.165, 1.54) is 38.9 Å². The summed E-state index contributed by atoms with van der Waals surface area (Å²) in [6.45, 7) is 26.8. The van der Waals surface area contributed by atoms with Crippen LogP contribution < -0.4 is 9.41 Å². The maximum atomic E-state index is 7.31. The number of para-hydroxylation sites is 1. The van der Waals surface area contributed by atoms with Crippen molar-refractivity contribution in [3.63, 3.8) is 0 Å². The summed E-state index contributed by atoms with van der Waals surface area (Å²) in [4.78, 5) is 0. The van der Waals surface area contributed by atoms with Crippen LogP contribution in [0.2, 0.25) is 0 Å². The average Bonchev–Trinajstić information content (AvgIpc) is 3.31. The van der Waals surface area contributed by atoms with Crippen LogP contribution in [-0.2, 0) is 22.4 Å². The first-order chi connectivity index (χ1) is 27.7. The van der Waals surface area contributed by atoms with E-state index in [-0.39, 0.29) is 28.2 Å². The van der Waals surface area contributed by atoms with E-state index in [2.05, 4.69) is 174 Å². The molecule has 0 spiro atoms. The number of methoxy groups -OCH3 is 1. The molecule has 59 heavy (non-hydrogen) atoms. The van der Waals surface area contributed by atoms with Crippen molar-refractivity contribution >= 4 is 60.1 Å². The largest absolute Gasteiger partial charge is 0.497 e. The Hall–Kier alpha value is -4.34. The topological polar surface area (TPSA) is 65.0 Å². The minimum absolute atomic E-state index is 0.0448. The summed E-state index contributed by atoms with van der Waals surface area (Å²) in [5.74, 6) is 1.01. The Balaban J connectivity index is 1.32. The van der Waals surface area contributed by atoms with E-state index in [0.29, 0.717) is 0 Å². The van der Waals surface area contributed by atoms with Gasteiger partial charge >= 0.3 is 8.16 Å². The predicted molar refractivity (Wildman–Crippen MR) is 250 cm³/mol. The lowest BCUT2D eigenvalue weighted by molar-refractivity contribution is 0.413. The van der Waals surface area contributed by atoms with Crippen LogP contribution in [0.3, 0.4) is 0 Å². The smallest absolute Gasteiger partial charge is 0.310 e. The van der Waals surface area contributed by atoms with Crippen molar-refractivity contribution in [1.29, 1.82) is 0 Å². The van der Waals surface area contributed by atoms with Gasteiger partial charge in [-0.3, -0.25) is 0 Å². The molecule has 0 aliphatic heterocycles. The Morgan fingerprint density at radius 1 is 0.627 bits per heavy atom. The van der Waals surface area contributed by atoms with Gasteiger partial charge in [-0.15, -0.1) is 0 Å². The molecular weight excluding hydrogens is 769 g/mol. The zero-order valence-corrected chi connectivity index (χ0v) is 39.2. The molecule has 5 aromatic carbocycles. The molecule has 0 fully saturated rings. The van der Waals surface area contributed by atoms with Crippen molar-refractivity contribution in [1.82, 2.24) is 0 Å². The molecule has 7 aromatic rings. The van der Waals surface area contributed by atoms with Crippen LogP contribution in [0.4, 0.5) is 0 Å². The minimum atomic E-state index is -1.62. The molecule has 0 bridgehead atoms. The molecule has 8 rings (SSSR count). The van der Waals surface area contributed by atoms with Gasteiger partial charge in [0, 0.05) is 51.3 Å². The van der Waals surface area contributed by atoms with Crippen LogP contribution >= 0.6 is 16.2 Å². The molecule has 2 unspecified atom stereocenters. The summed E-state index contributed by atoms with van der Waals surface area (Å²) >= 11 is 0. The minimum Gasteiger partial charge on any atom is -0.497 e. The third-order valence-electron chi connectivity index (χ3n) is 12.1.